The Bertz CT molecular complexity index is 1100. The van der Waals surface area contributed by atoms with Gasteiger partial charge in [-0.3, -0.25) is 4.90 Å². The minimum absolute atomic E-state index is 0. The van der Waals surface area contributed by atoms with E-state index in [1.54, 1.807) is 0 Å². The van der Waals surface area contributed by atoms with Crippen molar-refractivity contribution in [2.45, 2.75) is 19.9 Å². The highest BCUT2D eigenvalue weighted by atomic mass is 35.5. The standard InChI is InChI=1S/C23H28ClFN6O.ClH/c1-16-26-22(30-11-9-29(8-7-25)10-12-30)20-23(27-16)31(14-17-6-13-32-15-17)21(28-20)18-4-2-3-5-19(18)24;/h2-5,17H,6-15H2,1H3;1H. The molecular weight excluding hydrogens is 466 g/mol. The molecule has 33 heavy (non-hydrogen) atoms. The third kappa shape index (κ3) is 4.94. The number of alkyl halides is 1. The molecule has 0 spiro atoms. The second-order valence-electron chi connectivity index (χ2n) is 8.54. The highest BCUT2D eigenvalue weighted by molar-refractivity contribution is 6.33. The van der Waals surface area contributed by atoms with E-state index >= 15 is 0 Å². The third-order valence-corrected chi connectivity index (χ3v) is 6.67. The number of rotatable bonds is 6. The van der Waals surface area contributed by atoms with Crippen LogP contribution in [0, 0.1) is 12.8 Å². The quantitative estimate of drug-likeness (QED) is 0.515. The Balaban J connectivity index is 0.00000259. The maximum Gasteiger partial charge on any atom is 0.166 e. The molecule has 1 unspecified atom stereocenters. The number of aromatic nitrogens is 4. The van der Waals surface area contributed by atoms with Gasteiger partial charge in [0.25, 0.3) is 0 Å². The number of halogens is 3. The average molecular weight is 495 g/mol. The first-order chi connectivity index (χ1) is 15.6. The Morgan fingerprint density at radius 2 is 1.91 bits per heavy atom. The zero-order valence-corrected chi connectivity index (χ0v) is 20.3. The van der Waals surface area contributed by atoms with Crippen LogP contribution in [0.15, 0.2) is 24.3 Å². The Labute approximate surface area is 204 Å². The smallest absolute Gasteiger partial charge is 0.166 e. The molecule has 2 fully saturated rings. The van der Waals surface area contributed by atoms with E-state index in [0.29, 0.717) is 23.3 Å². The van der Waals surface area contributed by atoms with Crippen molar-refractivity contribution in [3.63, 3.8) is 0 Å². The lowest BCUT2D eigenvalue weighted by molar-refractivity contribution is 0.183. The second-order valence-corrected chi connectivity index (χ2v) is 8.95. The van der Waals surface area contributed by atoms with E-state index in [-0.39, 0.29) is 19.1 Å². The van der Waals surface area contributed by atoms with Crippen molar-refractivity contribution in [3.05, 3.63) is 35.1 Å². The average Bonchev–Trinajstić information content (AvgIpc) is 3.43. The van der Waals surface area contributed by atoms with Crippen molar-refractivity contribution in [2.24, 2.45) is 5.92 Å². The largest absolute Gasteiger partial charge is 0.381 e. The van der Waals surface area contributed by atoms with Gasteiger partial charge in [0, 0.05) is 57.4 Å². The van der Waals surface area contributed by atoms with Crippen LogP contribution in [-0.2, 0) is 11.3 Å². The topological polar surface area (TPSA) is 59.3 Å². The Hall–Kier alpha value is -2.00. The van der Waals surface area contributed by atoms with Crippen LogP contribution in [0.1, 0.15) is 12.2 Å². The molecule has 0 saturated carbocycles. The molecule has 4 heterocycles. The van der Waals surface area contributed by atoms with E-state index in [1.165, 1.54) is 0 Å². The summed E-state index contributed by atoms with van der Waals surface area (Å²) in [7, 11) is 0. The number of piperazine rings is 1. The molecule has 1 atom stereocenters. The van der Waals surface area contributed by atoms with Crippen LogP contribution in [-0.4, -0.2) is 77.0 Å². The molecule has 0 aliphatic carbocycles. The third-order valence-electron chi connectivity index (χ3n) is 6.34. The summed E-state index contributed by atoms with van der Waals surface area (Å²) < 4.78 is 20.6. The zero-order valence-electron chi connectivity index (χ0n) is 18.7. The molecule has 2 saturated heterocycles. The molecule has 10 heteroatoms. The molecule has 0 amide bonds. The van der Waals surface area contributed by atoms with Crippen LogP contribution in [0.5, 0.6) is 0 Å². The SMILES string of the molecule is Cc1nc(N2CCN(CCF)CC2)c2nc(-c3ccccc3Cl)n(CC3CCOC3)c2n1.Cl. The number of ether oxygens (including phenoxy) is 1. The maximum atomic E-state index is 12.8. The van der Waals surface area contributed by atoms with Crippen molar-refractivity contribution in [3.8, 4) is 11.4 Å². The Kier molecular flexibility index (Phi) is 7.69. The number of hydrogen-bond donors (Lipinski definition) is 0. The van der Waals surface area contributed by atoms with Crippen molar-refractivity contribution < 1.29 is 9.13 Å². The monoisotopic (exact) mass is 494 g/mol. The van der Waals surface area contributed by atoms with Gasteiger partial charge in [-0.05, 0) is 25.5 Å². The molecule has 7 nitrogen and oxygen atoms in total. The van der Waals surface area contributed by atoms with Crippen LogP contribution in [0.4, 0.5) is 10.2 Å². The zero-order chi connectivity index (χ0) is 22.1. The molecule has 0 bridgehead atoms. The molecule has 1 aromatic carbocycles. The summed E-state index contributed by atoms with van der Waals surface area (Å²) in [6.45, 7) is 7.61. The highest BCUT2D eigenvalue weighted by Gasteiger charge is 2.27. The van der Waals surface area contributed by atoms with E-state index in [4.69, 9.17) is 31.3 Å². The van der Waals surface area contributed by atoms with Crippen LogP contribution in [0.25, 0.3) is 22.6 Å². The van der Waals surface area contributed by atoms with E-state index in [9.17, 15) is 4.39 Å². The molecule has 5 rings (SSSR count). The van der Waals surface area contributed by atoms with Gasteiger partial charge < -0.3 is 14.2 Å². The van der Waals surface area contributed by atoms with Gasteiger partial charge in [0.1, 0.15) is 18.3 Å². The first-order valence-corrected chi connectivity index (χ1v) is 11.6. The fraction of sp³-hybridized carbons (Fsp3) is 0.522. The van der Waals surface area contributed by atoms with Crippen molar-refractivity contribution >= 4 is 41.0 Å². The van der Waals surface area contributed by atoms with E-state index in [1.807, 2.05) is 31.2 Å². The van der Waals surface area contributed by atoms with Gasteiger partial charge in [0.2, 0.25) is 0 Å². The predicted octanol–water partition coefficient (Wildman–Crippen LogP) is 4.00. The molecule has 0 N–H and O–H groups in total. The molecule has 3 aromatic rings. The second kappa shape index (κ2) is 10.5. The van der Waals surface area contributed by atoms with Gasteiger partial charge in [-0.1, -0.05) is 23.7 Å². The van der Waals surface area contributed by atoms with Gasteiger partial charge >= 0.3 is 0 Å². The number of fused-ring (bicyclic) bond motifs is 1. The number of benzene rings is 1. The molecule has 178 valence electrons. The van der Waals surface area contributed by atoms with Gasteiger partial charge in [-0.25, -0.2) is 19.3 Å². The number of nitrogens with zero attached hydrogens (tertiary/aromatic N) is 6. The lowest BCUT2D eigenvalue weighted by Gasteiger charge is -2.34. The maximum absolute atomic E-state index is 12.8. The first-order valence-electron chi connectivity index (χ1n) is 11.2. The summed E-state index contributed by atoms with van der Waals surface area (Å²) >= 11 is 6.58. The van der Waals surface area contributed by atoms with Crippen LogP contribution >= 0.6 is 24.0 Å². The van der Waals surface area contributed by atoms with Crippen molar-refractivity contribution in [1.82, 2.24) is 24.4 Å². The van der Waals surface area contributed by atoms with E-state index in [0.717, 1.165) is 80.7 Å². The lowest BCUT2D eigenvalue weighted by Crippen LogP contribution is -2.47. The van der Waals surface area contributed by atoms with E-state index < -0.39 is 0 Å². The highest BCUT2D eigenvalue weighted by Crippen LogP contribution is 2.34. The summed E-state index contributed by atoms with van der Waals surface area (Å²) in [6.07, 6.45) is 1.02. The molecule has 2 aliphatic heterocycles. The minimum Gasteiger partial charge on any atom is -0.381 e. The fourth-order valence-electron chi connectivity index (χ4n) is 4.62. The Morgan fingerprint density at radius 1 is 1.12 bits per heavy atom. The fourth-order valence-corrected chi connectivity index (χ4v) is 4.84. The summed E-state index contributed by atoms with van der Waals surface area (Å²) in [6, 6.07) is 7.80. The van der Waals surface area contributed by atoms with Crippen molar-refractivity contribution in [2.75, 3.05) is 57.5 Å². The number of anilines is 1. The molecule has 2 aromatic heterocycles. The van der Waals surface area contributed by atoms with Gasteiger partial charge in [-0.15, -0.1) is 12.4 Å². The lowest BCUT2D eigenvalue weighted by atomic mass is 10.1. The number of aryl methyl sites for hydroxylation is 1. The van der Waals surface area contributed by atoms with Gasteiger partial charge in [-0.2, -0.15) is 0 Å². The predicted molar refractivity (Wildman–Crippen MR) is 131 cm³/mol. The van der Waals surface area contributed by atoms with Gasteiger partial charge in [0.05, 0.1) is 11.6 Å². The molecular formula is C23H29Cl2FN6O. The minimum atomic E-state index is -0.312. The Morgan fingerprint density at radius 3 is 2.61 bits per heavy atom. The van der Waals surface area contributed by atoms with Crippen molar-refractivity contribution in [1.29, 1.82) is 0 Å². The molecule has 0 radical (unpaired) electrons. The molecule has 2 aliphatic rings. The van der Waals surface area contributed by atoms with Crippen LogP contribution < -0.4 is 4.90 Å². The summed E-state index contributed by atoms with van der Waals surface area (Å²) in [5.41, 5.74) is 2.52. The summed E-state index contributed by atoms with van der Waals surface area (Å²) in [5.74, 6) is 2.79. The summed E-state index contributed by atoms with van der Waals surface area (Å²) in [5, 5.41) is 0.665. The summed E-state index contributed by atoms with van der Waals surface area (Å²) in [4.78, 5) is 19.1. The van der Waals surface area contributed by atoms with E-state index in [2.05, 4.69) is 14.4 Å². The number of hydrogen-bond acceptors (Lipinski definition) is 6. The van der Waals surface area contributed by atoms with Gasteiger partial charge in [0.15, 0.2) is 17.0 Å². The first kappa shape index (κ1) is 24.1. The van der Waals surface area contributed by atoms with Crippen LogP contribution in [0.2, 0.25) is 5.02 Å². The normalized spacial score (nSPS) is 19.2. The van der Waals surface area contributed by atoms with Crippen LogP contribution in [0.3, 0.4) is 0 Å². The number of imidazole rings is 1.